The molecule has 27 heavy (non-hydrogen) atoms. The van der Waals surface area contributed by atoms with Crippen molar-refractivity contribution in [2.45, 2.75) is 45.5 Å². The number of ether oxygens (including phenoxy) is 2. The predicted octanol–water partition coefficient (Wildman–Crippen LogP) is 3.28. The van der Waals surface area contributed by atoms with Crippen LogP contribution in [0.1, 0.15) is 32.8 Å². The van der Waals surface area contributed by atoms with Gasteiger partial charge in [-0.25, -0.2) is 0 Å². The minimum atomic E-state index is -0.318. The number of benzene rings is 2. The fourth-order valence-corrected chi connectivity index (χ4v) is 2.94. The van der Waals surface area contributed by atoms with Crippen LogP contribution < -0.4 is 5.32 Å². The topological polar surface area (TPSA) is 67.8 Å². The van der Waals surface area contributed by atoms with E-state index in [0.717, 1.165) is 19.5 Å². The molecule has 148 valence electrons. The van der Waals surface area contributed by atoms with Crippen LogP contribution in [-0.2, 0) is 20.9 Å². The molecule has 1 aliphatic heterocycles. The van der Waals surface area contributed by atoms with E-state index >= 15 is 0 Å². The van der Waals surface area contributed by atoms with Gasteiger partial charge < -0.3 is 19.9 Å². The quantitative estimate of drug-likeness (QED) is 0.787. The summed E-state index contributed by atoms with van der Waals surface area (Å²) in [6, 6.07) is 14.8. The lowest BCUT2D eigenvalue weighted by atomic mass is 9.98. The molecule has 0 radical (unpaired) electrons. The number of rotatable bonds is 5. The Bertz CT molecular complexity index is 711. The first-order chi connectivity index (χ1) is 12.9. The first-order valence-electron chi connectivity index (χ1n) is 9.43. The number of nitrogens with one attached hydrogen (secondary N) is 1. The van der Waals surface area contributed by atoms with E-state index in [0.29, 0.717) is 19.0 Å². The molecule has 5 heteroatoms. The number of hydrogen-bond donors (Lipinski definition) is 2. The molecule has 5 nitrogen and oxygen atoms in total. The summed E-state index contributed by atoms with van der Waals surface area (Å²) >= 11 is 0. The van der Waals surface area contributed by atoms with Crippen molar-refractivity contribution in [3.63, 3.8) is 0 Å². The highest BCUT2D eigenvalue weighted by molar-refractivity contribution is 5.82. The Labute approximate surface area is 161 Å². The van der Waals surface area contributed by atoms with Gasteiger partial charge in [-0.15, -0.1) is 0 Å². The van der Waals surface area contributed by atoms with Gasteiger partial charge in [-0.05, 0) is 55.5 Å². The Hall–Kier alpha value is -1.95. The lowest BCUT2D eigenvalue weighted by molar-refractivity contribution is -0.138. The number of carbonyl (C=O) groups is 1. The van der Waals surface area contributed by atoms with Crippen LogP contribution in [0, 0.1) is 5.92 Å². The molecule has 0 amide bonds. The summed E-state index contributed by atoms with van der Waals surface area (Å²) in [4.78, 5) is 9.60. The first-order valence-corrected chi connectivity index (χ1v) is 9.43. The standard InChI is InChI=1S/C17H21NO2.C5H10O2/c19-11-14-8-17(10-18-9-14)20-12-13-5-6-15-3-1-2-4-16(15)7-13;1-5(2,3)7-4-6/h1-7,14,17-19H,8-12H2;4H,1-3H3. The molecular weight excluding hydrogens is 342 g/mol. The molecule has 2 aromatic carbocycles. The van der Waals surface area contributed by atoms with Crippen molar-refractivity contribution >= 4 is 17.2 Å². The maximum Gasteiger partial charge on any atom is 0.293 e. The molecule has 1 fully saturated rings. The maximum absolute atomic E-state index is 9.60. The van der Waals surface area contributed by atoms with Crippen LogP contribution in [-0.4, -0.2) is 43.0 Å². The third-order valence-electron chi connectivity index (χ3n) is 4.36. The van der Waals surface area contributed by atoms with Gasteiger partial charge in [0.05, 0.1) is 12.7 Å². The van der Waals surface area contributed by atoms with Gasteiger partial charge >= 0.3 is 0 Å². The van der Waals surface area contributed by atoms with Gasteiger partial charge in [0, 0.05) is 19.7 Å². The van der Waals surface area contributed by atoms with Crippen molar-refractivity contribution < 1.29 is 19.4 Å². The third-order valence-corrected chi connectivity index (χ3v) is 4.36. The van der Waals surface area contributed by atoms with E-state index in [2.05, 4.69) is 52.5 Å². The monoisotopic (exact) mass is 373 g/mol. The Kier molecular flexibility index (Phi) is 8.23. The van der Waals surface area contributed by atoms with E-state index in [1.54, 1.807) is 0 Å². The smallest absolute Gasteiger partial charge is 0.293 e. The largest absolute Gasteiger partial charge is 0.462 e. The van der Waals surface area contributed by atoms with E-state index in [4.69, 9.17) is 4.74 Å². The van der Waals surface area contributed by atoms with Crippen LogP contribution in [0.25, 0.3) is 10.8 Å². The Morgan fingerprint density at radius 3 is 2.52 bits per heavy atom. The second-order valence-corrected chi connectivity index (χ2v) is 7.88. The van der Waals surface area contributed by atoms with Crippen LogP contribution in [0.3, 0.4) is 0 Å². The van der Waals surface area contributed by atoms with E-state index in [1.807, 2.05) is 20.8 Å². The highest BCUT2D eigenvalue weighted by Crippen LogP contribution is 2.18. The second kappa shape index (κ2) is 10.4. The fourth-order valence-electron chi connectivity index (χ4n) is 2.94. The molecule has 1 saturated heterocycles. The fraction of sp³-hybridized carbons (Fsp3) is 0.500. The average molecular weight is 373 g/mol. The van der Waals surface area contributed by atoms with E-state index in [-0.39, 0.29) is 18.3 Å². The predicted molar refractivity (Wildman–Crippen MR) is 107 cm³/mol. The summed E-state index contributed by atoms with van der Waals surface area (Å²) in [6.07, 6.45) is 1.14. The van der Waals surface area contributed by atoms with Crippen molar-refractivity contribution in [3.05, 3.63) is 48.0 Å². The van der Waals surface area contributed by atoms with Crippen molar-refractivity contribution in [1.29, 1.82) is 0 Å². The summed E-state index contributed by atoms with van der Waals surface area (Å²) in [6.45, 7) is 8.57. The van der Waals surface area contributed by atoms with Gasteiger partial charge in [-0.2, -0.15) is 0 Å². The maximum atomic E-state index is 9.60. The van der Waals surface area contributed by atoms with Crippen molar-refractivity contribution in [2.75, 3.05) is 19.7 Å². The molecule has 0 bridgehead atoms. The number of piperidine rings is 1. The highest BCUT2D eigenvalue weighted by Gasteiger charge is 2.21. The number of aliphatic hydroxyl groups excluding tert-OH is 1. The molecule has 0 saturated carbocycles. The zero-order valence-corrected chi connectivity index (χ0v) is 16.5. The lowest BCUT2D eigenvalue weighted by Gasteiger charge is -2.28. The summed E-state index contributed by atoms with van der Waals surface area (Å²) in [5.41, 5.74) is 0.886. The summed E-state index contributed by atoms with van der Waals surface area (Å²) in [5, 5.41) is 15.0. The second-order valence-electron chi connectivity index (χ2n) is 7.88. The minimum absolute atomic E-state index is 0.201. The van der Waals surface area contributed by atoms with Crippen LogP contribution in [0.15, 0.2) is 42.5 Å². The van der Waals surface area contributed by atoms with Gasteiger partial charge in [0.25, 0.3) is 6.47 Å². The van der Waals surface area contributed by atoms with E-state index in [9.17, 15) is 9.90 Å². The van der Waals surface area contributed by atoms with Crippen LogP contribution in [0.2, 0.25) is 0 Å². The number of carbonyl (C=O) groups excluding carboxylic acids is 1. The Balaban J connectivity index is 0.000000321. The lowest BCUT2D eigenvalue weighted by Crippen LogP contribution is -2.41. The van der Waals surface area contributed by atoms with Crippen LogP contribution in [0.5, 0.6) is 0 Å². The molecular formula is C22H31NO4. The number of fused-ring (bicyclic) bond motifs is 1. The van der Waals surface area contributed by atoms with Crippen LogP contribution >= 0.6 is 0 Å². The van der Waals surface area contributed by atoms with Gasteiger partial charge in [0.1, 0.15) is 5.60 Å². The highest BCUT2D eigenvalue weighted by atomic mass is 16.5. The van der Waals surface area contributed by atoms with Crippen molar-refractivity contribution in [3.8, 4) is 0 Å². The molecule has 2 atom stereocenters. The molecule has 1 heterocycles. The zero-order chi connectivity index (χ0) is 19.7. The minimum Gasteiger partial charge on any atom is -0.462 e. The third kappa shape index (κ3) is 7.67. The molecule has 0 spiro atoms. The molecule has 0 aliphatic carbocycles. The molecule has 3 rings (SSSR count). The summed E-state index contributed by atoms with van der Waals surface area (Å²) < 4.78 is 10.5. The Morgan fingerprint density at radius 2 is 1.89 bits per heavy atom. The normalized spacial score (nSPS) is 19.9. The molecule has 2 N–H and O–H groups in total. The SMILES string of the molecule is CC(C)(C)OC=O.OCC1CNCC(OCc2ccc3ccccc3c2)C1. The molecule has 1 aliphatic rings. The van der Waals surface area contributed by atoms with Gasteiger partial charge in [-0.3, -0.25) is 4.79 Å². The van der Waals surface area contributed by atoms with Gasteiger partial charge in [-0.1, -0.05) is 36.4 Å². The van der Waals surface area contributed by atoms with Crippen molar-refractivity contribution in [2.24, 2.45) is 5.92 Å². The average Bonchev–Trinajstić information content (AvgIpc) is 2.66. The molecule has 2 unspecified atom stereocenters. The molecule has 2 aromatic rings. The van der Waals surface area contributed by atoms with E-state index in [1.165, 1.54) is 16.3 Å². The zero-order valence-electron chi connectivity index (χ0n) is 16.5. The van der Waals surface area contributed by atoms with E-state index < -0.39 is 0 Å². The summed E-state index contributed by atoms with van der Waals surface area (Å²) in [5.74, 6) is 0.324. The Morgan fingerprint density at radius 1 is 1.15 bits per heavy atom. The first kappa shape index (κ1) is 21.4. The van der Waals surface area contributed by atoms with Crippen molar-refractivity contribution in [1.82, 2.24) is 5.32 Å². The van der Waals surface area contributed by atoms with Gasteiger partial charge in [0.2, 0.25) is 0 Å². The number of aliphatic hydroxyl groups is 1. The van der Waals surface area contributed by atoms with Gasteiger partial charge in [0.15, 0.2) is 0 Å². The summed E-state index contributed by atoms with van der Waals surface area (Å²) in [7, 11) is 0. The van der Waals surface area contributed by atoms with Crippen LogP contribution in [0.4, 0.5) is 0 Å². The number of hydrogen-bond acceptors (Lipinski definition) is 5. The molecule has 0 aromatic heterocycles.